The summed E-state index contributed by atoms with van der Waals surface area (Å²) in [7, 11) is 0. The van der Waals surface area contributed by atoms with Gasteiger partial charge in [-0.1, -0.05) is 31.4 Å². The molecule has 5 heteroatoms. The van der Waals surface area contributed by atoms with Gasteiger partial charge in [0.2, 0.25) is 5.91 Å². The van der Waals surface area contributed by atoms with E-state index in [9.17, 15) is 4.79 Å². The van der Waals surface area contributed by atoms with E-state index in [0.717, 1.165) is 57.4 Å². The molecule has 3 rings (SSSR count). The summed E-state index contributed by atoms with van der Waals surface area (Å²) in [5.41, 5.74) is 8.18. The number of hydrogen-bond acceptors (Lipinski definition) is 3. The maximum absolute atomic E-state index is 12.8. The Bertz CT molecular complexity index is 591. The summed E-state index contributed by atoms with van der Waals surface area (Å²) in [6.45, 7) is 5.67. The standard InChI is InChI=1S/C20H30N2O2.ClH/c1-15-6-7-16(2)18(14-15)24-17-8-12-22(13-9-17)19(23)20(21)10-4-3-5-11-20;/h6-7,14,17H,3-5,8-13,21H2,1-2H3;1H. The maximum Gasteiger partial charge on any atom is 0.242 e. The monoisotopic (exact) mass is 366 g/mol. The van der Waals surface area contributed by atoms with Crippen LogP contribution < -0.4 is 10.5 Å². The zero-order valence-electron chi connectivity index (χ0n) is 15.4. The Morgan fingerprint density at radius 3 is 2.44 bits per heavy atom. The van der Waals surface area contributed by atoms with Gasteiger partial charge < -0.3 is 15.4 Å². The molecule has 1 saturated carbocycles. The topological polar surface area (TPSA) is 55.6 Å². The fraction of sp³-hybridized carbons (Fsp3) is 0.650. The number of likely N-dealkylation sites (tertiary alicyclic amines) is 1. The minimum atomic E-state index is -0.612. The van der Waals surface area contributed by atoms with Crippen molar-refractivity contribution in [3.05, 3.63) is 29.3 Å². The van der Waals surface area contributed by atoms with Crippen molar-refractivity contribution < 1.29 is 9.53 Å². The van der Waals surface area contributed by atoms with Gasteiger partial charge in [-0.15, -0.1) is 12.4 Å². The molecule has 0 unspecified atom stereocenters. The summed E-state index contributed by atoms with van der Waals surface area (Å²) in [4.78, 5) is 14.8. The number of nitrogens with two attached hydrogens (primary N) is 1. The van der Waals surface area contributed by atoms with E-state index in [1.54, 1.807) is 0 Å². The quantitative estimate of drug-likeness (QED) is 0.886. The molecule has 1 aliphatic heterocycles. The van der Waals surface area contributed by atoms with Crippen LogP contribution in [0.2, 0.25) is 0 Å². The first kappa shape index (κ1) is 20.1. The molecule has 2 aliphatic rings. The van der Waals surface area contributed by atoms with Crippen LogP contribution in [0, 0.1) is 13.8 Å². The second-order valence-electron chi connectivity index (χ2n) is 7.60. The molecule has 0 radical (unpaired) electrons. The summed E-state index contributed by atoms with van der Waals surface area (Å²) in [6.07, 6.45) is 7.00. The first-order valence-electron chi connectivity index (χ1n) is 9.30. The van der Waals surface area contributed by atoms with Crippen LogP contribution >= 0.6 is 12.4 Å². The van der Waals surface area contributed by atoms with Crippen molar-refractivity contribution in [2.45, 2.75) is 70.4 Å². The molecule has 4 nitrogen and oxygen atoms in total. The lowest BCUT2D eigenvalue weighted by molar-refractivity contribution is -0.140. The minimum Gasteiger partial charge on any atom is -0.490 e. The highest BCUT2D eigenvalue weighted by Crippen LogP contribution is 2.29. The smallest absolute Gasteiger partial charge is 0.242 e. The average Bonchev–Trinajstić information content (AvgIpc) is 2.59. The number of aryl methyl sites for hydroxylation is 2. The first-order valence-corrected chi connectivity index (χ1v) is 9.30. The van der Waals surface area contributed by atoms with Crippen LogP contribution in [0.25, 0.3) is 0 Å². The van der Waals surface area contributed by atoms with Crippen molar-refractivity contribution >= 4 is 18.3 Å². The molecule has 25 heavy (non-hydrogen) atoms. The molecule has 0 atom stereocenters. The van der Waals surface area contributed by atoms with Crippen molar-refractivity contribution in [3.8, 4) is 5.75 Å². The SMILES string of the molecule is Cc1ccc(C)c(OC2CCN(C(=O)C3(N)CCCCC3)CC2)c1.Cl. The van der Waals surface area contributed by atoms with E-state index >= 15 is 0 Å². The molecule has 1 aromatic rings. The van der Waals surface area contributed by atoms with Crippen molar-refractivity contribution in [1.82, 2.24) is 4.90 Å². The van der Waals surface area contributed by atoms with Gasteiger partial charge in [0.05, 0.1) is 5.54 Å². The van der Waals surface area contributed by atoms with Crippen LogP contribution in [0.5, 0.6) is 5.75 Å². The second kappa shape index (κ2) is 8.41. The third-order valence-corrected chi connectivity index (χ3v) is 5.54. The molecule has 0 bridgehead atoms. The summed E-state index contributed by atoms with van der Waals surface area (Å²) in [5.74, 6) is 1.13. The lowest BCUT2D eigenvalue weighted by Crippen LogP contribution is -2.58. The van der Waals surface area contributed by atoms with Crippen molar-refractivity contribution in [2.24, 2.45) is 5.73 Å². The molecule has 2 fully saturated rings. The van der Waals surface area contributed by atoms with E-state index in [1.807, 2.05) is 4.90 Å². The van der Waals surface area contributed by atoms with E-state index < -0.39 is 5.54 Å². The maximum atomic E-state index is 12.8. The average molecular weight is 367 g/mol. The van der Waals surface area contributed by atoms with Gasteiger partial charge in [0, 0.05) is 25.9 Å². The predicted molar refractivity (Wildman–Crippen MR) is 103 cm³/mol. The summed E-state index contributed by atoms with van der Waals surface area (Å²) < 4.78 is 6.20. The molecule has 2 N–H and O–H groups in total. The van der Waals surface area contributed by atoms with Crippen molar-refractivity contribution in [1.29, 1.82) is 0 Å². The third kappa shape index (κ3) is 4.68. The molecule has 0 spiro atoms. The Balaban J connectivity index is 0.00000225. The lowest BCUT2D eigenvalue weighted by atomic mass is 9.81. The highest BCUT2D eigenvalue weighted by molar-refractivity contribution is 5.86. The lowest BCUT2D eigenvalue weighted by Gasteiger charge is -2.40. The fourth-order valence-electron chi connectivity index (χ4n) is 3.90. The number of nitrogens with zero attached hydrogens (tertiary/aromatic N) is 1. The van der Waals surface area contributed by atoms with Gasteiger partial charge in [-0.05, 0) is 43.9 Å². The number of amides is 1. The van der Waals surface area contributed by atoms with Gasteiger partial charge in [0.1, 0.15) is 11.9 Å². The Morgan fingerprint density at radius 2 is 1.80 bits per heavy atom. The van der Waals surface area contributed by atoms with Crippen LogP contribution in [0.3, 0.4) is 0 Å². The molecular formula is C20H31ClN2O2. The predicted octanol–water partition coefficient (Wildman–Crippen LogP) is 3.76. The van der Waals surface area contributed by atoms with Crippen molar-refractivity contribution in [3.63, 3.8) is 0 Å². The summed E-state index contributed by atoms with van der Waals surface area (Å²) in [6, 6.07) is 6.31. The van der Waals surface area contributed by atoms with Gasteiger partial charge >= 0.3 is 0 Å². The second-order valence-corrected chi connectivity index (χ2v) is 7.60. The van der Waals surface area contributed by atoms with Crippen LogP contribution in [0.4, 0.5) is 0 Å². The molecule has 1 amide bonds. The van der Waals surface area contributed by atoms with Gasteiger partial charge in [-0.3, -0.25) is 4.79 Å². The molecule has 1 aromatic carbocycles. The highest BCUT2D eigenvalue weighted by Gasteiger charge is 2.39. The minimum absolute atomic E-state index is 0. The zero-order chi connectivity index (χ0) is 17.2. The van der Waals surface area contributed by atoms with Gasteiger partial charge in [-0.2, -0.15) is 0 Å². The molecule has 140 valence electrons. The third-order valence-electron chi connectivity index (χ3n) is 5.54. The zero-order valence-corrected chi connectivity index (χ0v) is 16.2. The Morgan fingerprint density at radius 1 is 1.16 bits per heavy atom. The van der Waals surface area contributed by atoms with E-state index in [1.165, 1.54) is 17.5 Å². The number of carbonyl (C=O) groups is 1. The molecular weight excluding hydrogens is 336 g/mol. The largest absolute Gasteiger partial charge is 0.490 e. The van der Waals surface area contributed by atoms with Gasteiger partial charge in [-0.25, -0.2) is 0 Å². The highest BCUT2D eigenvalue weighted by atomic mass is 35.5. The number of ether oxygens (including phenoxy) is 1. The van der Waals surface area contributed by atoms with E-state index in [4.69, 9.17) is 10.5 Å². The van der Waals surface area contributed by atoms with Crippen LogP contribution in [0.15, 0.2) is 18.2 Å². The number of rotatable bonds is 3. The molecule has 1 heterocycles. The Hall–Kier alpha value is -1.26. The van der Waals surface area contributed by atoms with Crippen molar-refractivity contribution in [2.75, 3.05) is 13.1 Å². The van der Waals surface area contributed by atoms with E-state index in [2.05, 4.69) is 32.0 Å². The van der Waals surface area contributed by atoms with Gasteiger partial charge in [0.25, 0.3) is 0 Å². The molecule has 1 aliphatic carbocycles. The number of hydrogen-bond donors (Lipinski definition) is 1. The number of halogens is 1. The Kier molecular flexibility index (Phi) is 6.75. The number of benzene rings is 1. The summed E-state index contributed by atoms with van der Waals surface area (Å²) in [5, 5.41) is 0. The van der Waals surface area contributed by atoms with E-state index in [-0.39, 0.29) is 24.4 Å². The van der Waals surface area contributed by atoms with Gasteiger partial charge in [0.15, 0.2) is 0 Å². The number of piperidine rings is 1. The number of carbonyl (C=O) groups excluding carboxylic acids is 1. The van der Waals surface area contributed by atoms with Crippen LogP contribution in [-0.2, 0) is 4.79 Å². The van der Waals surface area contributed by atoms with Crippen LogP contribution in [0.1, 0.15) is 56.1 Å². The first-order chi connectivity index (χ1) is 11.5. The Labute approximate surface area is 157 Å². The molecule has 0 aromatic heterocycles. The normalized spacial score (nSPS) is 20.7. The fourth-order valence-corrected chi connectivity index (χ4v) is 3.90. The van der Waals surface area contributed by atoms with Crippen LogP contribution in [-0.4, -0.2) is 35.5 Å². The molecule has 1 saturated heterocycles. The van der Waals surface area contributed by atoms with E-state index in [0.29, 0.717) is 0 Å². The summed E-state index contributed by atoms with van der Waals surface area (Å²) >= 11 is 0.